The lowest BCUT2D eigenvalue weighted by molar-refractivity contribution is 0.250. The third-order valence-electron chi connectivity index (χ3n) is 5.00. The van der Waals surface area contributed by atoms with Gasteiger partial charge in [-0.15, -0.1) is 0 Å². The van der Waals surface area contributed by atoms with E-state index in [1.54, 1.807) is 0 Å². The van der Waals surface area contributed by atoms with Gasteiger partial charge in [-0.25, -0.2) is 4.79 Å². The highest BCUT2D eigenvalue weighted by Crippen LogP contribution is 2.24. The third kappa shape index (κ3) is 3.64. The molecule has 2 amide bonds. The largest absolute Gasteiger partial charge is 0.371 e. The standard InChI is InChI=1S/C22H23N3O/c26-22(24-21-12-6-8-18-7-4-5-11-20(18)21)23-15-17-13-14-25(16-17)19-9-2-1-3-10-19/h1-12,17H,13-16H2,(H2,23,24,26)/t17-/m1/s1. The zero-order chi connectivity index (χ0) is 17.8. The minimum atomic E-state index is -0.139. The number of amides is 2. The molecule has 0 saturated carbocycles. The first kappa shape index (κ1) is 16.5. The monoisotopic (exact) mass is 345 g/mol. The zero-order valence-electron chi connectivity index (χ0n) is 14.7. The van der Waals surface area contributed by atoms with Gasteiger partial charge in [-0.3, -0.25) is 0 Å². The van der Waals surface area contributed by atoms with Gasteiger partial charge in [0, 0.05) is 30.7 Å². The molecule has 1 aliphatic rings. The van der Waals surface area contributed by atoms with Crippen molar-refractivity contribution in [2.24, 2.45) is 5.92 Å². The van der Waals surface area contributed by atoms with Gasteiger partial charge < -0.3 is 15.5 Å². The molecule has 3 aromatic rings. The SMILES string of the molecule is O=C(NC[C@H]1CCN(c2ccccc2)C1)Nc1cccc2ccccc12. The van der Waals surface area contributed by atoms with Gasteiger partial charge in [0.25, 0.3) is 0 Å². The van der Waals surface area contributed by atoms with E-state index in [2.05, 4.69) is 51.9 Å². The molecule has 0 bridgehead atoms. The summed E-state index contributed by atoms with van der Waals surface area (Å²) in [6.45, 7) is 2.72. The molecule has 4 rings (SSSR count). The lowest BCUT2D eigenvalue weighted by Crippen LogP contribution is -2.34. The summed E-state index contributed by atoms with van der Waals surface area (Å²) < 4.78 is 0. The number of fused-ring (bicyclic) bond motifs is 1. The number of carbonyl (C=O) groups is 1. The van der Waals surface area contributed by atoms with Crippen LogP contribution in [0.1, 0.15) is 6.42 Å². The van der Waals surface area contributed by atoms with Gasteiger partial charge in [0.15, 0.2) is 0 Å². The fraction of sp³-hybridized carbons (Fsp3) is 0.227. The lowest BCUT2D eigenvalue weighted by Gasteiger charge is -2.18. The second-order valence-corrected chi connectivity index (χ2v) is 6.80. The minimum absolute atomic E-state index is 0.139. The molecule has 0 aliphatic carbocycles. The van der Waals surface area contributed by atoms with Crippen LogP contribution < -0.4 is 15.5 Å². The van der Waals surface area contributed by atoms with Crippen LogP contribution in [0.3, 0.4) is 0 Å². The molecule has 1 fully saturated rings. The molecule has 26 heavy (non-hydrogen) atoms. The Morgan fingerprint density at radius 2 is 1.73 bits per heavy atom. The van der Waals surface area contributed by atoms with E-state index in [4.69, 9.17) is 0 Å². The fourth-order valence-electron chi connectivity index (χ4n) is 3.61. The molecule has 3 aromatic carbocycles. The van der Waals surface area contributed by atoms with E-state index < -0.39 is 0 Å². The molecule has 0 aromatic heterocycles. The number of hydrogen-bond donors (Lipinski definition) is 2. The van der Waals surface area contributed by atoms with Gasteiger partial charge in [-0.1, -0.05) is 54.6 Å². The van der Waals surface area contributed by atoms with E-state index in [1.165, 1.54) is 5.69 Å². The molecular weight excluding hydrogens is 322 g/mol. The van der Waals surface area contributed by atoms with E-state index in [0.717, 1.165) is 36.0 Å². The molecule has 0 unspecified atom stereocenters. The van der Waals surface area contributed by atoms with Gasteiger partial charge in [-0.05, 0) is 35.9 Å². The summed E-state index contributed by atoms with van der Waals surface area (Å²) in [5.41, 5.74) is 2.10. The Hall–Kier alpha value is -3.01. The Morgan fingerprint density at radius 1 is 0.962 bits per heavy atom. The smallest absolute Gasteiger partial charge is 0.319 e. The third-order valence-corrected chi connectivity index (χ3v) is 5.00. The Balaban J connectivity index is 1.32. The summed E-state index contributed by atoms with van der Waals surface area (Å²) >= 11 is 0. The fourth-order valence-corrected chi connectivity index (χ4v) is 3.61. The Labute approximate surface area is 153 Å². The molecule has 132 valence electrons. The van der Waals surface area contributed by atoms with Gasteiger partial charge in [-0.2, -0.15) is 0 Å². The maximum absolute atomic E-state index is 12.3. The predicted molar refractivity (Wildman–Crippen MR) is 108 cm³/mol. The van der Waals surface area contributed by atoms with Crippen LogP contribution in [0.25, 0.3) is 10.8 Å². The maximum atomic E-state index is 12.3. The van der Waals surface area contributed by atoms with Crippen molar-refractivity contribution in [3.8, 4) is 0 Å². The van der Waals surface area contributed by atoms with E-state index in [0.29, 0.717) is 12.5 Å². The van der Waals surface area contributed by atoms with E-state index in [-0.39, 0.29) is 6.03 Å². The Bertz CT molecular complexity index is 889. The molecular formula is C22H23N3O. The molecule has 1 saturated heterocycles. The second kappa shape index (κ2) is 7.48. The highest BCUT2D eigenvalue weighted by atomic mass is 16.2. The topological polar surface area (TPSA) is 44.4 Å². The number of benzene rings is 3. The summed E-state index contributed by atoms with van der Waals surface area (Å²) in [4.78, 5) is 14.7. The van der Waals surface area contributed by atoms with Crippen LogP contribution in [-0.4, -0.2) is 25.7 Å². The number of para-hydroxylation sites is 1. The number of carbonyl (C=O) groups excluding carboxylic acids is 1. The summed E-state index contributed by atoms with van der Waals surface area (Å²) in [7, 11) is 0. The van der Waals surface area contributed by atoms with Crippen molar-refractivity contribution in [3.05, 3.63) is 72.8 Å². The van der Waals surface area contributed by atoms with Crippen LogP contribution in [0, 0.1) is 5.92 Å². The number of rotatable bonds is 4. The summed E-state index contributed by atoms with van der Waals surface area (Å²) in [6.07, 6.45) is 1.10. The van der Waals surface area contributed by atoms with Crippen molar-refractivity contribution in [3.63, 3.8) is 0 Å². The van der Waals surface area contributed by atoms with E-state index >= 15 is 0 Å². The van der Waals surface area contributed by atoms with Crippen LogP contribution in [0.15, 0.2) is 72.8 Å². The van der Waals surface area contributed by atoms with Crippen LogP contribution in [0.2, 0.25) is 0 Å². The van der Waals surface area contributed by atoms with Crippen molar-refractivity contribution < 1.29 is 4.79 Å². The molecule has 2 N–H and O–H groups in total. The zero-order valence-corrected chi connectivity index (χ0v) is 14.7. The lowest BCUT2D eigenvalue weighted by atomic mass is 10.1. The number of anilines is 2. The van der Waals surface area contributed by atoms with E-state index in [1.807, 2.05) is 36.4 Å². The number of urea groups is 1. The molecule has 4 nitrogen and oxygen atoms in total. The van der Waals surface area contributed by atoms with Crippen molar-refractivity contribution >= 4 is 28.2 Å². The van der Waals surface area contributed by atoms with Crippen LogP contribution in [0.5, 0.6) is 0 Å². The Morgan fingerprint density at radius 3 is 2.62 bits per heavy atom. The normalized spacial score (nSPS) is 16.6. The second-order valence-electron chi connectivity index (χ2n) is 6.80. The molecule has 1 aliphatic heterocycles. The number of nitrogens with zero attached hydrogens (tertiary/aromatic N) is 1. The van der Waals surface area contributed by atoms with Crippen LogP contribution in [0.4, 0.5) is 16.2 Å². The summed E-state index contributed by atoms with van der Waals surface area (Å²) in [5, 5.41) is 8.20. The molecule has 0 radical (unpaired) electrons. The van der Waals surface area contributed by atoms with Gasteiger partial charge in [0.05, 0.1) is 5.69 Å². The van der Waals surface area contributed by atoms with Crippen LogP contribution >= 0.6 is 0 Å². The van der Waals surface area contributed by atoms with Gasteiger partial charge in [0.2, 0.25) is 0 Å². The quantitative estimate of drug-likeness (QED) is 0.732. The number of hydrogen-bond acceptors (Lipinski definition) is 2. The number of nitrogens with one attached hydrogen (secondary N) is 2. The summed E-state index contributed by atoms with van der Waals surface area (Å²) in [6, 6.07) is 24.3. The predicted octanol–water partition coefficient (Wildman–Crippen LogP) is 4.49. The maximum Gasteiger partial charge on any atom is 0.319 e. The first-order chi connectivity index (χ1) is 12.8. The van der Waals surface area contributed by atoms with Gasteiger partial charge in [0.1, 0.15) is 0 Å². The van der Waals surface area contributed by atoms with Gasteiger partial charge >= 0.3 is 6.03 Å². The first-order valence-electron chi connectivity index (χ1n) is 9.12. The average molecular weight is 345 g/mol. The van der Waals surface area contributed by atoms with Crippen molar-refractivity contribution in [2.45, 2.75) is 6.42 Å². The van der Waals surface area contributed by atoms with Crippen molar-refractivity contribution in [1.29, 1.82) is 0 Å². The average Bonchev–Trinajstić information content (AvgIpc) is 3.17. The minimum Gasteiger partial charge on any atom is -0.371 e. The highest BCUT2D eigenvalue weighted by Gasteiger charge is 2.23. The summed E-state index contributed by atoms with van der Waals surface area (Å²) in [5.74, 6) is 0.480. The highest BCUT2D eigenvalue weighted by molar-refractivity contribution is 6.01. The Kier molecular flexibility index (Phi) is 4.73. The van der Waals surface area contributed by atoms with Crippen molar-refractivity contribution in [1.82, 2.24) is 5.32 Å². The molecule has 4 heteroatoms. The first-order valence-corrected chi connectivity index (χ1v) is 9.12. The molecule has 0 spiro atoms. The van der Waals surface area contributed by atoms with Crippen molar-refractivity contribution in [2.75, 3.05) is 29.9 Å². The molecule has 1 heterocycles. The van der Waals surface area contributed by atoms with Crippen LogP contribution in [-0.2, 0) is 0 Å². The van der Waals surface area contributed by atoms with E-state index in [9.17, 15) is 4.79 Å². The molecule has 1 atom stereocenters.